The maximum Gasteiger partial charge on any atom is 0.248 e. The Kier molecular flexibility index (Phi) is 6.95. The molecule has 0 radical (unpaired) electrons. The molecule has 2 aromatic heterocycles. The molecule has 1 N–H and O–H groups in total. The standard InChI is InChI=1S/C28H27N5O2/c1-32(2)10-6-9-27(34)31-23-12-21(13-24(15-23)35-4)22-14-25-26(18-33(3)28(25)30-17-22)20-8-5-7-19(11-20)16-29/h5-9,11-15,17-18H,10H2,1-4H3,(H,31,34)/b9-6+. The van der Waals surface area contributed by atoms with Crippen LogP contribution in [0.15, 0.2) is 73.1 Å². The Morgan fingerprint density at radius 1 is 1.17 bits per heavy atom. The van der Waals surface area contributed by atoms with Crippen LogP contribution in [-0.4, -0.2) is 48.1 Å². The van der Waals surface area contributed by atoms with Gasteiger partial charge in [-0.15, -0.1) is 0 Å². The van der Waals surface area contributed by atoms with Gasteiger partial charge in [0.15, 0.2) is 0 Å². The summed E-state index contributed by atoms with van der Waals surface area (Å²) in [6.07, 6.45) is 7.18. The predicted molar refractivity (Wildman–Crippen MR) is 139 cm³/mol. The molecule has 0 saturated carbocycles. The van der Waals surface area contributed by atoms with Gasteiger partial charge < -0.3 is 19.5 Å². The van der Waals surface area contributed by atoms with Crippen LogP contribution in [0.3, 0.4) is 0 Å². The average molecular weight is 466 g/mol. The smallest absolute Gasteiger partial charge is 0.248 e. The van der Waals surface area contributed by atoms with E-state index in [-0.39, 0.29) is 5.91 Å². The first-order valence-corrected chi connectivity index (χ1v) is 11.1. The molecule has 7 nitrogen and oxygen atoms in total. The third-order valence-corrected chi connectivity index (χ3v) is 5.60. The first kappa shape index (κ1) is 23.7. The van der Waals surface area contributed by atoms with E-state index in [9.17, 15) is 10.1 Å². The number of methoxy groups -OCH3 is 1. The minimum Gasteiger partial charge on any atom is -0.497 e. The third kappa shape index (κ3) is 5.40. The second kappa shape index (κ2) is 10.2. The first-order valence-electron chi connectivity index (χ1n) is 11.1. The van der Waals surface area contributed by atoms with Gasteiger partial charge in [-0.1, -0.05) is 18.2 Å². The van der Waals surface area contributed by atoms with E-state index in [0.29, 0.717) is 23.5 Å². The number of aromatic nitrogens is 2. The number of rotatable bonds is 7. The van der Waals surface area contributed by atoms with Gasteiger partial charge in [-0.25, -0.2) is 4.98 Å². The molecule has 35 heavy (non-hydrogen) atoms. The number of hydrogen-bond donors (Lipinski definition) is 1. The number of aryl methyl sites for hydroxylation is 1. The van der Waals surface area contributed by atoms with Crippen LogP contribution in [0.5, 0.6) is 5.75 Å². The van der Waals surface area contributed by atoms with E-state index < -0.39 is 0 Å². The van der Waals surface area contributed by atoms with Crippen LogP contribution >= 0.6 is 0 Å². The average Bonchev–Trinajstić information content (AvgIpc) is 3.19. The predicted octanol–water partition coefficient (Wildman–Crippen LogP) is 4.84. The zero-order valence-electron chi connectivity index (χ0n) is 20.2. The van der Waals surface area contributed by atoms with Crippen molar-refractivity contribution in [3.05, 3.63) is 78.6 Å². The van der Waals surface area contributed by atoms with Gasteiger partial charge in [-0.3, -0.25) is 4.79 Å². The molecule has 0 aliphatic rings. The minimum atomic E-state index is -0.206. The molecule has 0 aliphatic carbocycles. The van der Waals surface area contributed by atoms with Crippen LogP contribution in [0.25, 0.3) is 33.3 Å². The van der Waals surface area contributed by atoms with Gasteiger partial charge in [0, 0.05) is 60.3 Å². The van der Waals surface area contributed by atoms with Crippen molar-refractivity contribution in [1.82, 2.24) is 14.5 Å². The number of hydrogen-bond acceptors (Lipinski definition) is 5. The summed E-state index contributed by atoms with van der Waals surface area (Å²) in [5, 5.41) is 13.2. The molecule has 4 rings (SSSR count). The summed E-state index contributed by atoms with van der Waals surface area (Å²) in [5.74, 6) is 0.424. The Morgan fingerprint density at radius 2 is 2.00 bits per heavy atom. The molecular formula is C28H27N5O2. The number of nitriles is 1. The van der Waals surface area contributed by atoms with Crippen molar-refractivity contribution in [1.29, 1.82) is 5.26 Å². The number of ether oxygens (including phenoxy) is 1. The highest BCUT2D eigenvalue weighted by Crippen LogP contribution is 2.34. The number of fused-ring (bicyclic) bond motifs is 1. The van der Waals surface area contributed by atoms with Crippen molar-refractivity contribution in [3.8, 4) is 34.1 Å². The molecule has 0 bridgehead atoms. The number of carbonyl (C=O) groups is 1. The quantitative estimate of drug-likeness (QED) is 0.395. The molecule has 0 saturated heterocycles. The van der Waals surface area contributed by atoms with Crippen LogP contribution in [0.2, 0.25) is 0 Å². The van der Waals surface area contributed by atoms with Crippen LogP contribution in [0, 0.1) is 11.3 Å². The van der Waals surface area contributed by atoms with Gasteiger partial charge >= 0.3 is 0 Å². The largest absolute Gasteiger partial charge is 0.497 e. The summed E-state index contributed by atoms with van der Waals surface area (Å²) in [5.41, 5.74) is 5.79. The van der Waals surface area contributed by atoms with Crippen LogP contribution in [0.4, 0.5) is 5.69 Å². The van der Waals surface area contributed by atoms with Gasteiger partial charge in [0.25, 0.3) is 0 Å². The van der Waals surface area contributed by atoms with E-state index in [1.807, 2.05) is 79.4 Å². The number of nitrogens with one attached hydrogen (secondary N) is 1. The first-order chi connectivity index (χ1) is 16.9. The number of amides is 1. The zero-order valence-corrected chi connectivity index (χ0v) is 20.2. The van der Waals surface area contributed by atoms with E-state index in [2.05, 4.69) is 17.5 Å². The summed E-state index contributed by atoms with van der Waals surface area (Å²) < 4.78 is 7.47. The van der Waals surface area contributed by atoms with Crippen molar-refractivity contribution < 1.29 is 9.53 Å². The maximum absolute atomic E-state index is 12.4. The Balaban J connectivity index is 1.73. The highest BCUT2D eigenvalue weighted by Gasteiger charge is 2.13. The van der Waals surface area contributed by atoms with Crippen LogP contribution < -0.4 is 10.1 Å². The van der Waals surface area contributed by atoms with Crippen molar-refractivity contribution in [2.45, 2.75) is 0 Å². The van der Waals surface area contributed by atoms with Crippen molar-refractivity contribution >= 4 is 22.6 Å². The van der Waals surface area contributed by atoms with Gasteiger partial charge in [-0.05, 0) is 55.6 Å². The molecule has 176 valence electrons. The molecule has 0 spiro atoms. The highest BCUT2D eigenvalue weighted by molar-refractivity contribution is 6.00. The van der Waals surface area contributed by atoms with E-state index in [4.69, 9.17) is 9.72 Å². The van der Waals surface area contributed by atoms with E-state index in [1.165, 1.54) is 6.08 Å². The van der Waals surface area contributed by atoms with Gasteiger partial charge in [0.2, 0.25) is 5.91 Å². The molecule has 0 unspecified atom stereocenters. The normalized spacial score (nSPS) is 11.2. The number of nitrogens with zero attached hydrogens (tertiary/aromatic N) is 4. The number of benzene rings is 2. The Morgan fingerprint density at radius 3 is 2.74 bits per heavy atom. The Labute approximate surface area is 204 Å². The molecule has 7 heteroatoms. The second-order valence-electron chi connectivity index (χ2n) is 8.55. The zero-order chi connectivity index (χ0) is 24.9. The highest BCUT2D eigenvalue weighted by atomic mass is 16.5. The van der Waals surface area contributed by atoms with Crippen LogP contribution in [-0.2, 0) is 11.8 Å². The SMILES string of the molecule is COc1cc(NC(=O)/C=C/CN(C)C)cc(-c2cnc3c(c2)c(-c2cccc(C#N)c2)cn3C)c1. The molecule has 0 fully saturated rings. The molecule has 4 aromatic rings. The van der Waals surface area contributed by atoms with E-state index in [1.54, 1.807) is 19.2 Å². The fourth-order valence-corrected chi connectivity index (χ4v) is 3.92. The summed E-state index contributed by atoms with van der Waals surface area (Å²) in [7, 11) is 7.44. The van der Waals surface area contributed by atoms with Crippen molar-refractivity contribution in [3.63, 3.8) is 0 Å². The summed E-state index contributed by atoms with van der Waals surface area (Å²) in [6.45, 7) is 0.680. The molecule has 0 atom stereocenters. The van der Waals surface area contributed by atoms with E-state index in [0.717, 1.165) is 33.3 Å². The van der Waals surface area contributed by atoms with Crippen LogP contribution in [0.1, 0.15) is 5.56 Å². The Bertz CT molecular complexity index is 1460. The molecule has 2 heterocycles. The number of carbonyl (C=O) groups excluding carboxylic acids is 1. The molecule has 2 aromatic carbocycles. The monoisotopic (exact) mass is 465 g/mol. The number of likely N-dealkylation sites (N-methyl/N-ethyl adjacent to an activating group) is 1. The lowest BCUT2D eigenvalue weighted by Gasteiger charge is -2.11. The lowest BCUT2D eigenvalue weighted by molar-refractivity contribution is -0.111. The molecular weight excluding hydrogens is 438 g/mol. The lowest BCUT2D eigenvalue weighted by atomic mass is 10.0. The van der Waals surface area contributed by atoms with Gasteiger partial charge in [0.05, 0.1) is 18.7 Å². The van der Waals surface area contributed by atoms with Crippen molar-refractivity contribution in [2.24, 2.45) is 7.05 Å². The second-order valence-corrected chi connectivity index (χ2v) is 8.55. The van der Waals surface area contributed by atoms with Gasteiger partial charge in [0.1, 0.15) is 11.4 Å². The van der Waals surface area contributed by atoms with E-state index >= 15 is 0 Å². The summed E-state index contributed by atoms with van der Waals surface area (Å²) >= 11 is 0. The van der Waals surface area contributed by atoms with Crippen molar-refractivity contribution in [2.75, 3.05) is 33.1 Å². The maximum atomic E-state index is 12.4. The molecule has 0 aliphatic heterocycles. The topological polar surface area (TPSA) is 83.2 Å². The molecule has 1 amide bonds. The fourth-order valence-electron chi connectivity index (χ4n) is 3.92. The summed E-state index contributed by atoms with van der Waals surface area (Å²) in [4.78, 5) is 19.1. The Hall–Kier alpha value is -4.41. The fraction of sp³-hybridized carbons (Fsp3) is 0.179. The minimum absolute atomic E-state index is 0.206. The van der Waals surface area contributed by atoms with Gasteiger partial charge in [-0.2, -0.15) is 5.26 Å². The lowest BCUT2D eigenvalue weighted by Crippen LogP contribution is -2.13. The summed E-state index contributed by atoms with van der Waals surface area (Å²) in [6, 6.07) is 17.4. The number of anilines is 1. The third-order valence-electron chi connectivity index (χ3n) is 5.60. The number of pyridine rings is 1.